The molecule has 0 aliphatic carbocycles. The van der Waals surface area contributed by atoms with Gasteiger partial charge in [-0.15, -0.1) is 11.8 Å². The molecule has 3 heteroatoms. The van der Waals surface area contributed by atoms with E-state index in [0.717, 1.165) is 31.8 Å². The molecule has 17 heavy (non-hydrogen) atoms. The van der Waals surface area contributed by atoms with Crippen LogP contribution in [0.25, 0.3) is 0 Å². The molecular weight excluding hydrogens is 230 g/mol. The number of aliphatic hydroxyl groups is 1. The highest BCUT2D eigenvalue weighted by molar-refractivity contribution is 7.99. The first kappa shape index (κ1) is 14.6. The summed E-state index contributed by atoms with van der Waals surface area (Å²) < 4.78 is 0. The van der Waals surface area contributed by atoms with Crippen LogP contribution in [0.4, 0.5) is 0 Å². The van der Waals surface area contributed by atoms with E-state index >= 15 is 0 Å². The molecule has 0 atom stereocenters. The standard InChI is InChI=1S/C14H23NOS/c1-3-8-15(9-11-16)10-12-17-14-6-4-13(2)5-7-14/h4-7,16H,3,8-12H2,1-2H3. The third kappa shape index (κ3) is 6.10. The van der Waals surface area contributed by atoms with Crippen LogP contribution < -0.4 is 0 Å². The van der Waals surface area contributed by atoms with Crippen LogP contribution in [0, 0.1) is 6.92 Å². The lowest BCUT2D eigenvalue weighted by Gasteiger charge is -2.19. The van der Waals surface area contributed by atoms with Gasteiger partial charge in [-0.3, -0.25) is 0 Å². The van der Waals surface area contributed by atoms with Gasteiger partial charge in [0.15, 0.2) is 0 Å². The van der Waals surface area contributed by atoms with Gasteiger partial charge in [-0.2, -0.15) is 0 Å². The molecular formula is C14H23NOS. The maximum absolute atomic E-state index is 8.96. The molecule has 0 amide bonds. The largest absolute Gasteiger partial charge is 0.395 e. The highest BCUT2D eigenvalue weighted by Crippen LogP contribution is 2.18. The highest BCUT2D eigenvalue weighted by atomic mass is 32.2. The van der Waals surface area contributed by atoms with Gasteiger partial charge in [0.05, 0.1) is 6.61 Å². The normalized spacial score (nSPS) is 11.1. The molecule has 0 radical (unpaired) electrons. The molecule has 0 fully saturated rings. The van der Waals surface area contributed by atoms with E-state index in [2.05, 4.69) is 43.0 Å². The van der Waals surface area contributed by atoms with Gasteiger partial charge in [0.2, 0.25) is 0 Å². The van der Waals surface area contributed by atoms with E-state index in [-0.39, 0.29) is 6.61 Å². The van der Waals surface area contributed by atoms with E-state index in [1.54, 1.807) is 0 Å². The molecule has 0 unspecified atom stereocenters. The van der Waals surface area contributed by atoms with Gasteiger partial charge in [-0.05, 0) is 32.0 Å². The van der Waals surface area contributed by atoms with Gasteiger partial charge in [-0.25, -0.2) is 0 Å². The second-order valence-corrected chi connectivity index (χ2v) is 5.40. The van der Waals surface area contributed by atoms with Crippen LogP contribution in [0.3, 0.4) is 0 Å². The number of hydrogen-bond donors (Lipinski definition) is 1. The van der Waals surface area contributed by atoms with Crippen molar-refractivity contribution >= 4 is 11.8 Å². The van der Waals surface area contributed by atoms with E-state index < -0.39 is 0 Å². The second-order valence-electron chi connectivity index (χ2n) is 4.23. The number of nitrogens with zero attached hydrogens (tertiary/aromatic N) is 1. The zero-order valence-electron chi connectivity index (χ0n) is 10.9. The van der Waals surface area contributed by atoms with Gasteiger partial charge in [-0.1, -0.05) is 24.6 Å². The Balaban J connectivity index is 2.27. The fourth-order valence-electron chi connectivity index (χ4n) is 1.72. The molecule has 0 aliphatic heterocycles. The molecule has 0 aromatic heterocycles. The minimum atomic E-state index is 0.259. The first-order chi connectivity index (χ1) is 8.26. The van der Waals surface area contributed by atoms with E-state index in [9.17, 15) is 0 Å². The molecule has 0 heterocycles. The van der Waals surface area contributed by atoms with Crippen LogP contribution in [-0.2, 0) is 0 Å². The molecule has 2 nitrogen and oxygen atoms in total. The summed E-state index contributed by atoms with van der Waals surface area (Å²) >= 11 is 1.89. The quantitative estimate of drug-likeness (QED) is 0.721. The third-order valence-corrected chi connectivity index (χ3v) is 3.65. The van der Waals surface area contributed by atoms with Crippen LogP contribution in [0.1, 0.15) is 18.9 Å². The molecule has 1 aromatic carbocycles. The van der Waals surface area contributed by atoms with Crippen LogP contribution in [0.2, 0.25) is 0 Å². The lowest BCUT2D eigenvalue weighted by Crippen LogP contribution is -2.29. The average molecular weight is 253 g/mol. The minimum Gasteiger partial charge on any atom is -0.395 e. The fourth-order valence-corrected chi connectivity index (χ4v) is 2.63. The van der Waals surface area contributed by atoms with Gasteiger partial charge in [0.1, 0.15) is 0 Å². The number of aliphatic hydroxyl groups excluding tert-OH is 1. The first-order valence-electron chi connectivity index (χ1n) is 6.29. The Morgan fingerprint density at radius 1 is 1.12 bits per heavy atom. The summed E-state index contributed by atoms with van der Waals surface area (Å²) in [7, 11) is 0. The molecule has 1 N–H and O–H groups in total. The Labute approximate surface area is 109 Å². The fraction of sp³-hybridized carbons (Fsp3) is 0.571. The maximum Gasteiger partial charge on any atom is 0.0558 e. The Morgan fingerprint density at radius 2 is 1.82 bits per heavy atom. The summed E-state index contributed by atoms with van der Waals surface area (Å²) in [6.45, 7) is 7.47. The Bertz CT molecular complexity index is 294. The molecule has 96 valence electrons. The molecule has 0 bridgehead atoms. The Kier molecular flexibility index (Phi) is 7.33. The summed E-state index contributed by atoms with van der Waals surface area (Å²) in [5.41, 5.74) is 1.31. The lowest BCUT2D eigenvalue weighted by molar-refractivity contribution is 0.203. The lowest BCUT2D eigenvalue weighted by atomic mass is 10.2. The Morgan fingerprint density at radius 3 is 2.41 bits per heavy atom. The number of thioether (sulfide) groups is 1. The van der Waals surface area contributed by atoms with Crippen molar-refractivity contribution in [2.45, 2.75) is 25.2 Å². The van der Waals surface area contributed by atoms with Gasteiger partial charge in [0, 0.05) is 23.7 Å². The van der Waals surface area contributed by atoms with Crippen molar-refractivity contribution in [3.8, 4) is 0 Å². The van der Waals surface area contributed by atoms with Gasteiger partial charge < -0.3 is 10.0 Å². The highest BCUT2D eigenvalue weighted by Gasteiger charge is 2.02. The SMILES string of the molecule is CCCN(CCO)CCSc1ccc(C)cc1. The van der Waals surface area contributed by atoms with Gasteiger partial charge >= 0.3 is 0 Å². The van der Waals surface area contributed by atoms with Crippen molar-refractivity contribution in [3.63, 3.8) is 0 Å². The maximum atomic E-state index is 8.96. The molecule has 0 saturated heterocycles. The van der Waals surface area contributed by atoms with E-state index in [1.807, 2.05) is 11.8 Å². The minimum absolute atomic E-state index is 0.259. The predicted molar refractivity (Wildman–Crippen MR) is 75.7 cm³/mol. The van der Waals surface area contributed by atoms with Crippen LogP contribution >= 0.6 is 11.8 Å². The van der Waals surface area contributed by atoms with Crippen LogP contribution in [0.5, 0.6) is 0 Å². The summed E-state index contributed by atoms with van der Waals surface area (Å²) in [5.74, 6) is 1.09. The molecule has 0 spiro atoms. The number of hydrogen-bond acceptors (Lipinski definition) is 3. The van der Waals surface area contributed by atoms with Crippen molar-refractivity contribution in [3.05, 3.63) is 29.8 Å². The summed E-state index contributed by atoms with van der Waals surface area (Å²) in [6.07, 6.45) is 1.15. The monoisotopic (exact) mass is 253 g/mol. The Hall–Kier alpha value is -0.510. The van der Waals surface area contributed by atoms with Crippen molar-refractivity contribution < 1.29 is 5.11 Å². The molecule has 0 saturated carbocycles. The average Bonchev–Trinajstić information content (AvgIpc) is 2.32. The second kappa shape index (κ2) is 8.56. The van der Waals surface area contributed by atoms with Crippen molar-refractivity contribution in [2.24, 2.45) is 0 Å². The summed E-state index contributed by atoms with van der Waals surface area (Å²) in [6, 6.07) is 8.66. The van der Waals surface area contributed by atoms with E-state index in [1.165, 1.54) is 10.5 Å². The number of aryl methyl sites for hydroxylation is 1. The molecule has 0 aliphatic rings. The first-order valence-corrected chi connectivity index (χ1v) is 7.27. The van der Waals surface area contributed by atoms with Crippen LogP contribution in [0.15, 0.2) is 29.2 Å². The van der Waals surface area contributed by atoms with Crippen molar-refractivity contribution in [1.82, 2.24) is 4.90 Å². The zero-order chi connectivity index (χ0) is 12.5. The molecule has 1 rings (SSSR count). The van der Waals surface area contributed by atoms with E-state index in [0.29, 0.717) is 0 Å². The van der Waals surface area contributed by atoms with E-state index in [4.69, 9.17) is 5.11 Å². The van der Waals surface area contributed by atoms with Gasteiger partial charge in [0.25, 0.3) is 0 Å². The van der Waals surface area contributed by atoms with Crippen molar-refractivity contribution in [1.29, 1.82) is 0 Å². The predicted octanol–water partition coefficient (Wildman–Crippen LogP) is 2.79. The topological polar surface area (TPSA) is 23.5 Å². The summed E-state index contributed by atoms with van der Waals surface area (Å²) in [5, 5.41) is 8.96. The molecule has 1 aromatic rings. The smallest absolute Gasteiger partial charge is 0.0558 e. The zero-order valence-corrected chi connectivity index (χ0v) is 11.7. The van der Waals surface area contributed by atoms with Crippen LogP contribution in [-0.4, -0.2) is 42.0 Å². The third-order valence-electron chi connectivity index (χ3n) is 2.65. The summed E-state index contributed by atoms with van der Waals surface area (Å²) in [4.78, 5) is 3.65. The number of benzene rings is 1. The van der Waals surface area contributed by atoms with Crippen molar-refractivity contribution in [2.75, 3.05) is 32.0 Å². The number of rotatable bonds is 8.